The molecule has 0 saturated heterocycles. The van der Waals surface area contributed by atoms with Crippen molar-refractivity contribution in [2.24, 2.45) is 10.2 Å². The van der Waals surface area contributed by atoms with Crippen LogP contribution in [0.1, 0.15) is 11.3 Å². The van der Waals surface area contributed by atoms with Crippen molar-refractivity contribution in [1.29, 1.82) is 0 Å². The SMILES string of the molecule is Oc1c(Cl)cc(Cl)cc1/C=N\N=C/c1ccco1. The zero-order valence-electron chi connectivity index (χ0n) is 9.05. The zero-order valence-corrected chi connectivity index (χ0v) is 10.6. The Hall–Kier alpha value is -1.78. The fourth-order valence-corrected chi connectivity index (χ4v) is 1.74. The highest BCUT2D eigenvalue weighted by molar-refractivity contribution is 6.36. The first kappa shape index (κ1) is 12.7. The van der Waals surface area contributed by atoms with Crippen molar-refractivity contribution in [1.82, 2.24) is 0 Å². The fourth-order valence-electron chi connectivity index (χ4n) is 1.23. The Morgan fingerprint density at radius 2 is 1.94 bits per heavy atom. The molecule has 4 nitrogen and oxygen atoms in total. The Labute approximate surface area is 113 Å². The van der Waals surface area contributed by atoms with Gasteiger partial charge in [0.15, 0.2) is 0 Å². The van der Waals surface area contributed by atoms with Crippen LogP contribution in [0.3, 0.4) is 0 Å². The van der Waals surface area contributed by atoms with E-state index in [1.54, 1.807) is 12.1 Å². The summed E-state index contributed by atoms with van der Waals surface area (Å²) in [6, 6.07) is 6.47. The van der Waals surface area contributed by atoms with Crippen LogP contribution in [0.15, 0.2) is 45.1 Å². The minimum absolute atomic E-state index is 0.0852. The summed E-state index contributed by atoms with van der Waals surface area (Å²) in [6.45, 7) is 0. The highest BCUT2D eigenvalue weighted by atomic mass is 35.5. The monoisotopic (exact) mass is 282 g/mol. The maximum atomic E-state index is 9.65. The Morgan fingerprint density at radius 1 is 1.17 bits per heavy atom. The molecule has 0 aliphatic rings. The standard InChI is InChI=1S/C12H8Cl2N2O2/c13-9-4-8(12(17)11(14)5-9)6-15-16-7-10-2-1-3-18-10/h1-7,17H/b15-6-,16-7-. The molecule has 1 aromatic carbocycles. The molecule has 0 bridgehead atoms. The Bertz CT molecular complexity index is 592. The summed E-state index contributed by atoms with van der Waals surface area (Å²) in [6.07, 6.45) is 4.33. The number of hydrogen-bond acceptors (Lipinski definition) is 4. The summed E-state index contributed by atoms with van der Waals surface area (Å²) >= 11 is 11.6. The van der Waals surface area contributed by atoms with Gasteiger partial charge in [-0.2, -0.15) is 10.2 Å². The lowest BCUT2D eigenvalue weighted by Gasteiger charge is -2.01. The first-order chi connectivity index (χ1) is 8.66. The molecule has 0 aliphatic carbocycles. The van der Waals surface area contributed by atoms with Gasteiger partial charge >= 0.3 is 0 Å². The van der Waals surface area contributed by atoms with Gasteiger partial charge in [-0.1, -0.05) is 23.2 Å². The number of halogens is 2. The molecule has 0 atom stereocenters. The molecule has 1 N–H and O–H groups in total. The van der Waals surface area contributed by atoms with E-state index in [4.69, 9.17) is 27.6 Å². The topological polar surface area (TPSA) is 58.1 Å². The minimum atomic E-state index is -0.0852. The Balaban J connectivity index is 2.14. The van der Waals surface area contributed by atoms with Gasteiger partial charge in [0, 0.05) is 10.6 Å². The van der Waals surface area contributed by atoms with Gasteiger partial charge < -0.3 is 9.52 Å². The predicted octanol–water partition coefficient (Wildman–Crippen LogP) is 3.75. The largest absolute Gasteiger partial charge is 0.506 e. The van der Waals surface area contributed by atoms with Crippen LogP contribution < -0.4 is 0 Å². The molecule has 0 radical (unpaired) electrons. The van der Waals surface area contributed by atoms with Gasteiger partial charge in [-0.05, 0) is 24.3 Å². The molecule has 2 rings (SSSR count). The number of phenolic OH excluding ortho intramolecular Hbond substituents is 1. The number of aromatic hydroxyl groups is 1. The average Bonchev–Trinajstić information content (AvgIpc) is 2.83. The van der Waals surface area contributed by atoms with E-state index in [0.29, 0.717) is 16.3 Å². The van der Waals surface area contributed by atoms with Gasteiger partial charge in [0.05, 0.1) is 23.7 Å². The number of benzene rings is 1. The Morgan fingerprint density at radius 3 is 2.67 bits per heavy atom. The van der Waals surface area contributed by atoms with Crippen LogP contribution >= 0.6 is 23.2 Å². The number of phenols is 1. The first-order valence-corrected chi connectivity index (χ1v) is 5.70. The normalized spacial score (nSPS) is 11.7. The van der Waals surface area contributed by atoms with Crippen LogP contribution in [-0.2, 0) is 0 Å². The van der Waals surface area contributed by atoms with Crippen molar-refractivity contribution in [3.63, 3.8) is 0 Å². The molecule has 92 valence electrons. The maximum Gasteiger partial charge on any atom is 0.146 e. The fraction of sp³-hybridized carbons (Fsp3) is 0. The first-order valence-electron chi connectivity index (χ1n) is 4.95. The van der Waals surface area contributed by atoms with E-state index in [-0.39, 0.29) is 10.8 Å². The minimum Gasteiger partial charge on any atom is -0.506 e. The molecule has 0 amide bonds. The second-order valence-corrected chi connectivity index (χ2v) is 4.17. The molecule has 0 aliphatic heterocycles. The summed E-state index contributed by atoms with van der Waals surface area (Å²) in [5.74, 6) is 0.499. The molecular formula is C12H8Cl2N2O2. The van der Waals surface area contributed by atoms with Crippen molar-refractivity contribution >= 4 is 35.6 Å². The number of hydrogen-bond donors (Lipinski definition) is 1. The van der Waals surface area contributed by atoms with E-state index in [1.807, 2.05) is 0 Å². The van der Waals surface area contributed by atoms with Crippen LogP contribution in [0.2, 0.25) is 10.0 Å². The number of furan rings is 1. The van der Waals surface area contributed by atoms with Gasteiger partial charge in [-0.15, -0.1) is 0 Å². The summed E-state index contributed by atoms with van der Waals surface area (Å²) < 4.78 is 5.03. The van der Waals surface area contributed by atoms with E-state index in [1.165, 1.54) is 30.8 Å². The lowest BCUT2D eigenvalue weighted by atomic mass is 10.2. The van der Waals surface area contributed by atoms with E-state index in [9.17, 15) is 5.11 Å². The molecule has 18 heavy (non-hydrogen) atoms. The zero-order chi connectivity index (χ0) is 13.0. The molecule has 0 spiro atoms. The van der Waals surface area contributed by atoms with Gasteiger partial charge in [-0.3, -0.25) is 0 Å². The van der Waals surface area contributed by atoms with E-state index >= 15 is 0 Å². The molecule has 6 heteroatoms. The van der Waals surface area contributed by atoms with Crippen LogP contribution in [0, 0.1) is 0 Å². The van der Waals surface area contributed by atoms with Gasteiger partial charge in [0.2, 0.25) is 0 Å². The van der Waals surface area contributed by atoms with Gasteiger partial charge in [-0.25, -0.2) is 0 Å². The van der Waals surface area contributed by atoms with Gasteiger partial charge in [0.1, 0.15) is 11.5 Å². The quantitative estimate of drug-likeness (QED) is 0.689. The second-order valence-electron chi connectivity index (χ2n) is 3.33. The summed E-state index contributed by atoms with van der Waals surface area (Å²) in [5, 5.41) is 17.8. The van der Waals surface area contributed by atoms with Crippen LogP contribution in [-0.4, -0.2) is 17.5 Å². The highest BCUT2D eigenvalue weighted by Crippen LogP contribution is 2.29. The Kier molecular flexibility index (Phi) is 4.02. The van der Waals surface area contributed by atoms with Crippen LogP contribution in [0.4, 0.5) is 0 Å². The third-order valence-corrected chi connectivity index (χ3v) is 2.56. The van der Waals surface area contributed by atoms with Crippen LogP contribution in [0.25, 0.3) is 0 Å². The van der Waals surface area contributed by atoms with Crippen molar-refractivity contribution < 1.29 is 9.52 Å². The number of rotatable bonds is 3. The maximum absolute atomic E-state index is 9.65. The van der Waals surface area contributed by atoms with E-state index in [2.05, 4.69) is 10.2 Å². The third kappa shape index (κ3) is 3.12. The summed E-state index contributed by atoms with van der Waals surface area (Å²) in [5.41, 5.74) is 0.393. The number of nitrogens with zero attached hydrogens (tertiary/aromatic N) is 2. The van der Waals surface area contributed by atoms with Crippen molar-refractivity contribution in [3.05, 3.63) is 51.9 Å². The van der Waals surface area contributed by atoms with E-state index < -0.39 is 0 Å². The molecule has 0 fully saturated rings. The van der Waals surface area contributed by atoms with Crippen molar-refractivity contribution in [3.8, 4) is 5.75 Å². The highest BCUT2D eigenvalue weighted by Gasteiger charge is 2.05. The molecule has 2 aromatic rings. The smallest absolute Gasteiger partial charge is 0.146 e. The van der Waals surface area contributed by atoms with Gasteiger partial charge in [0.25, 0.3) is 0 Å². The average molecular weight is 283 g/mol. The second kappa shape index (κ2) is 5.71. The summed E-state index contributed by atoms with van der Waals surface area (Å²) in [7, 11) is 0. The molecule has 1 aromatic heterocycles. The summed E-state index contributed by atoms with van der Waals surface area (Å²) in [4.78, 5) is 0. The molecule has 1 heterocycles. The van der Waals surface area contributed by atoms with E-state index in [0.717, 1.165) is 0 Å². The lowest BCUT2D eigenvalue weighted by molar-refractivity contribution is 0.475. The molecule has 0 saturated carbocycles. The van der Waals surface area contributed by atoms with Crippen molar-refractivity contribution in [2.75, 3.05) is 0 Å². The third-order valence-electron chi connectivity index (χ3n) is 2.05. The molecule has 0 unspecified atom stereocenters. The van der Waals surface area contributed by atoms with Crippen LogP contribution in [0.5, 0.6) is 5.75 Å². The molecular weight excluding hydrogens is 275 g/mol. The predicted molar refractivity (Wildman–Crippen MR) is 72.0 cm³/mol. The lowest BCUT2D eigenvalue weighted by Crippen LogP contribution is -1.84. The van der Waals surface area contributed by atoms with Crippen molar-refractivity contribution in [2.45, 2.75) is 0 Å².